The Morgan fingerprint density at radius 3 is 2.50 bits per heavy atom. The maximum atomic E-state index is 13.1. The molecule has 3 aromatic rings. The summed E-state index contributed by atoms with van der Waals surface area (Å²) in [6.07, 6.45) is -2.22. The van der Waals surface area contributed by atoms with E-state index in [0.29, 0.717) is 54.9 Å². The van der Waals surface area contributed by atoms with Crippen molar-refractivity contribution in [1.82, 2.24) is 15.3 Å². The van der Waals surface area contributed by atoms with E-state index in [0.717, 1.165) is 42.6 Å². The number of benzene rings is 2. The van der Waals surface area contributed by atoms with E-state index in [-0.39, 0.29) is 12.0 Å². The highest BCUT2D eigenvalue weighted by atomic mass is 32.2. The zero-order chi connectivity index (χ0) is 28.1. The molecule has 7 nitrogen and oxygen atoms in total. The van der Waals surface area contributed by atoms with Crippen LogP contribution in [0.4, 0.5) is 24.7 Å². The van der Waals surface area contributed by atoms with Gasteiger partial charge in [0, 0.05) is 68.1 Å². The monoisotopic (exact) mass is 571 g/mol. The van der Waals surface area contributed by atoms with E-state index in [4.69, 9.17) is 9.72 Å². The molecule has 212 valence electrons. The molecule has 0 radical (unpaired) electrons. The Labute approximate surface area is 236 Å². The molecular formula is C29H32F3N5O2S. The Balaban J connectivity index is 1.14. The third-order valence-electron chi connectivity index (χ3n) is 7.06. The highest BCUT2D eigenvalue weighted by molar-refractivity contribution is 7.98. The molecule has 2 aromatic carbocycles. The zero-order valence-corrected chi connectivity index (χ0v) is 23.1. The molecule has 40 heavy (non-hydrogen) atoms. The van der Waals surface area contributed by atoms with Crippen molar-refractivity contribution in [1.29, 1.82) is 0 Å². The summed E-state index contributed by atoms with van der Waals surface area (Å²) in [5.74, 6) is 1.37. The number of hydrogen-bond acceptors (Lipinski definition) is 7. The summed E-state index contributed by atoms with van der Waals surface area (Å²) in [7, 11) is 0. The van der Waals surface area contributed by atoms with Gasteiger partial charge in [0.15, 0.2) is 5.16 Å². The number of carbonyl (C=O) groups is 1. The molecule has 2 aliphatic heterocycles. The number of halogens is 3. The Hall–Kier alpha value is -3.31. The number of piperazine rings is 1. The lowest BCUT2D eigenvalue weighted by Crippen LogP contribution is -2.47. The molecule has 11 heteroatoms. The van der Waals surface area contributed by atoms with Gasteiger partial charge in [-0.15, -0.1) is 0 Å². The van der Waals surface area contributed by atoms with Crippen LogP contribution in [0.25, 0.3) is 0 Å². The fraction of sp³-hybridized carbons (Fsp3) is 0.414. The normalized spacial score (nSPS) is 17.8. The van der Waals surface area contributed by atoms with E-state index in [1.165, 1.54) is 23.9 Å². The molecular weight excluding hydrogens is 539 g/mol. The molecule has 0 bridgehead atoms. The van der Waals surface area contributed by atoms with Gasteiger partial charge in [-0.1, -0.05) is 30.0 Å². The summed E-state index contributed by atoms with van der Waals surface area (Å²) in [6, 6.07) is 15.0. The predicted molar refractivity (Wildman–Crippen MR) is 150 cm³/mol. The average molecular weight is 572 g/mol. The summed E-state index contributed by atoms with van der Waals surface area (Å²) < 4.78 is 44.9. The van der Waals surface area contributed by atoms with Crippen LogP contribution < -0.4 is 15.1 Å². The summed E-state index contributed by atoms with van der Waals surface area (Å²) in [5, 5.41) is 3.60. The van der Waals surface area contributed by atoms with Gasteiger partial charge in [0.2, 0.25) is 0 Å². The van der Waals surface area contributed by atoms with E-state index < -0.39 is 11.7 Å². The second kappa shape index (κ2) is 12.5. The van der Waals surface area contributed by atoms with Crippen LogP contribution in [-0.2, 0) is 16.7 Å². The van der Waals surface area contributed by atoms with Crippen molar-refractivity contribution in [3.05, 3.63) is 77.0 Å². The molecule has 0 spiro atoms. The zero-order valence-electron chi connectivity index (χ0n) is 22.3. The largest absolute Gasteiger partial charge is 0.416 e. The summed E-state index contributed by atoms with van der Waals surface area (Å²) in [5.41, 5.74) is 2.47. The lowest BCUT2D eigenvalue weighted by atomic mass is 10.1. The quantitative estimate of drug-likeness (QED) is 0.290. The Bertz CT molecular complexity index is 1310. The maximum absolute atomic E-state index is 13.1. The number of alkyl halides is 3. The molecule has 1 N–H and O–H groups in total. The molecule has 1 atom stereocenters. The Morgan fingerprint density at radius 2 is 1.80 bits per heavy atom. The van der Waals surface area contributed by atoms with Crippen molar-refractivity contribution in [2.24, 2.45) is 0 Å². The highest BCUT2D eigenvalue weighted by Gasteiger charge is 2.31. The number of hydrogen-bond donors (Lipinski definition) is 1. The molecule has 2 aliphatic rings. The molecule has 3 heterocycles. The number of rotatable bonds is 8. The number of amides is 1. The molecule has 0 saturated carbocycles. The minimum atomic E-state index is -4.36. The second-order valence-corrected chi connectivity index (χ2v) is 10.9. The van der Waals surface area contributed by atoms with Crippen molar-refractivity contribution in [3.8, 4) is 0 Å². The van der Waals surface area contributed by atoms with Crippen LogP contribution in [0.5, 0.6) is 0 Å². The molecule has 0 unspecified atom stereocenters. The van der Waals surface area contributed by atoms with E-state index in [9.17, 15) is 18.0 Å². The van der Waals surface area contributed by atoms with E-state index in [1.54, 1.807) is 6.07 Å². The van der Waals surface area contributed by atoms with Crippen LogP contribution in [0, 0.1) is 6.92 Å². The van der Waals surface area contributed by atoms with Crippen molar-refractivity contribution in [2.75, 3.05) is 49.1 Å². The third-order valence-corrected chi connectivity index (χ3v) is 7.98. The highest BCUT2D eigenvalue weighted by Crippen LogP contribution is 2.32. The van der Waals surface area contributed by atoms with Gasteiger partial charge >= 0.3 is 6.18 Å². The van der Waals surface area contributed by atoms with E-state index >= 15 is 0 Å². The molecule has 1 aromatic heterocycles. The Kier molecular flexibility index (Phi) is 8.80. The molecule has 2 fully saturated rings. The van der Waals surface area contributed by atoms with Crippen molar-refractivity contribution >= 4 is 29.2 Å². The summed E-state index contributed by atoms with van der Waals surface area (Å²) in [6.45, 7) is 5.71. The van der Waals surface area contributed by atoms with Crippen molar-refractivity contribution < 1.29 is 22.7 Å². The lowest BCUT2D eigenvalue weighted by Gasteiger charge is -2.37. The van der Waals surface area contributed by atoms with Gasteiger partial charge in [0.05, 0.1) is 11.7 Å². The molecule has 2 saturated heterocycles. The number of nitrogens with one attached hydrogen (secondary N) is 1. The molecule has 1 amide bonds. The minimum absolute atomic E-state index is 0.102. The van der Waals surface area contributed by atoms with Crippen LogP contribution in [0.15, 0.2) is 59.8 Å². The SMILES string of the molecule is Cc1cc(N2CCN(c3cccc(C(F)(F)F)c3)CC2)nc(SCc2ccc(C(=O)NC[C@@H]3CCCO3)cc2)n1. The number of ether oxygens (including phenoxy) is 1. The van der Waals surface area contributed by atoms with Crippen LogP contribution in [-0.4, -0.2) is 61.3 Å². The fourth-order valence-corrected chi connectivity index (χ4v) is 5.69. The first-order valence-corrected chi connectivity index (χ1v) is 14.4. The number of aromatic nitrogens is 2. The Morgan fingerprint density at radius 1 is 1.05 bits per heavy atom. The van der Waals surface area contributed by atoms with E-state index in [1.807, 2.05) is 42.2 Å². The minimum Gasteiger partial charge on any atom is -0.376 e. The first-order valence-electron chi connectivity index (χ1n) is 13.4. The van der Waals surface area contributed by atoms with Gasteiger partial charge in [0.25, 0.3) is 5.91 Å². The van der Waals surface area contributed by atoms with Gasteiger partial charge < -0.3 is 19.9 Å². The first-order chi connectivity index (χ1) is 19.2. The predicted octanol–water partition coefficient (Wildman–Crippen LogP) is 5.33. The molecule has 5 rings (SSSR count). The van der Waals surface area contributed by atoms with Gasteiger partial charge in [-0.05, 0) is 55.7 Å². The molecule has 0 aliphatic carbocycles. The number of nitrogens with zero attached hydrogens (tertiary/aromatic N) is 4. The summed E-state index contributed by atoms with van der Waals surface area (Å²) >= 11 is 1.53. The lowest BCUT2D eigenvalue weighted by molar-refractivity contribution is -0.137. The standard InChI is InChI=1S/C29H32F3N5O2S/c1-20-16-26(37-13-11-36(12-14-37)24-5-2-4-23(17-24)29(30,31)32)35-28(34-20)40-19-21-7-9-22(10-8-21)27(38)33-18-25-6-3-15-39-25/h2,4-5,7-10,16-17,25H,3,6,11-15,18-19H2,1H3,(H,33,38)/t25-/m0/s1. The number of carbonyl (C=O) groups excluding carboxylic acids is 1. The second-order valence-electron chi connectivity index (χ2n) is 10.0. The van der Waals surface area contributed by atoms with Crippen molar-refractivity contribution in [3.63, 3.8) is 0 Å². The van der Waals surface area contributed by atoms with E-state index in [2.05, 4.69) is 15.2 Å². The maximum Gasteiger partial charge on any atom is 0.416 e. The van der Waals surface area contributed by atoms with Gasteiger partial charge in [-0.2, -0.15) is 13.2 Å². The van der Waals surface area contributed by atoms with Crippen LogP contribution in [0.2, 0.25) is 0 Å². The topological polar surface area (TPSA) is 70.6 Å². The third kappa shape index (κ3) is 7.25. The average Bonchev–Trinajstić information content (AvgIpc) is 3.48. The first kappa shape index (κ1) is 28.2. The van der Waals surface area contributed by atoms with Crippen LogP contribution in [0.3, 0.4) is 0 Å². The van der Waals surface area contributed by atoms with Gasteiger partial charge in [0.1, 0.15) is 5.82 Å². The van der Waals surface area contributed by atoms with Gasteiger partial charge in [-0.3, -0.25) is 4.79 Å². The smallest absolute Gasteiger partial charge is 0.376 e. The van der Waals surface area contributed by atoms with Crippen LogP contribution >= 0.6 is 11.8 Å². The van der Waals surface area contributed by atoms with Gasteiger partial charge in [-0.25, -0.2) is 9.97 Å². The number of thioether (sulfide) groups is 1. The number of aryl methyl sites for hydroxylation is 1. The summed E-state index contributed by atoms with van der Waals surface area (Å²) in [4.78, 5) is 25.9. The van der Waals surface area contributed by atoms with Crippen LogP contribution in [0.1, 0.15) is 40.0 Å². The number of anilines is 2. The fourth-order valence-electron chi connectivity index (χ4n) is 4.84. The van der Waals surface area contributed by atoms with Crippen molar-refractivity contribution in [2.45, 2.75) is 43.0 Å².